The minimum atomic E-state index is 0.756. The summed E-state index contributed by atoms with van der Waals surface area (Å²) < 4.78 is 5.68. The van der Waals surface area contributed by atoms with Gasteiger partial charge in [0.05, 0.1) is 6.61 Å². The van der Waals surface area contributed by atoms with E-state index in [0.29, 0.717) is 0 Å². The Morgan fingerprint density at radius 3 is 2.48 bits per heavy atom. The zero-order valence-corrected chi connectivity index (χ0v) is 13.5. The maximum absolute atomic E-state index is 5.68. The van der Waals surface area contributed by atoms with Gasteiger partial charge in [0.15, 0.2) is 0 Å². The first-order valence-electron chi connectivity index (χ1n) is 8.61. The van der Waals surface area contributed by atoms with Gasteiger partial charge in [-0.2, -0.15) is 0 Å². The van der Waals surface area contributed by atoms with Crippen molar-refractivity contribution in [2.75, 3.05) is 6.61 Å². The predicted octanol–water partition coefficient (Wildman–Crippen LogP) is 5.85. The summed E-state index contributed by atoms with van der Waals surface area (Å²) in [6.45, 7) is 7.70. The lowest BCUT2D eigenvalue weighted by Gasteiger charge is -2.28. The lowest BCUT2D eigenvalue weighted by molar-refractivity contribution is 0.118. The molecule has 0 spiro atoms. The Balaban J connectivity index is 1.78. The Morgan fingerprint density at radius 2 is 1.86 bits per heavy atom. The lowest BCUT2D eigenvalue weighted by Crippen LogP contribution is -2.12. The van der Waals surface area contributed by atoms with Crippen molar-refractivity contribution in [3.63, 3.8) is 0 Å². The molecule has 1 heteroatoms. The van der Waals surface area contributed by atoms with Crippen LogP contribution in [0.3, 0.4) is 0 Å². The predicted molar refractivity (Wildman–Crippen MR) is 90.5 cm³/mol. The summed E-state index contributed by atoms with van der Waals surface area (Å²) in [6.07, 6.45) is 11.0. The van der Waals surface area contributed by atoms with Crippen molar-refractivity contribution in [2.45, 2.75) is 64.4 Å². The van der Waals surface area contributed by atoms with Crippen LogP contribution in [0.15, 0.2) is 36.9 Å². The van der Waals surface area contributed by atoms with Crippen LogP contribution in [0.5, 0.6) is 0 Å². The van der Waals surface area contributed by atoms with Crippen LogP contribution < -0.4 is 0 Å². The van der Waals surface area contributed by atoms with Gasteiger partial charge in [-0.05, 0) is 61.5 Å². The first-order valence-corrected chi connectivity index (χ1v) is 8.61. The molecule has 0 radical (unpaired) electrons. The molecule has 116 valence electrons. The van der Waals surface area contributed by atoms with Gasteiger partial charge in [0.2, 0.25) is 0 Å². The molecule has 0 heterocycles. The number of benzene rings is 1. The minimum Gasteiger partial charge on any atom is -0.377 e. The molecule has 2 rings (SSSR count). The largest absolute Gasteiger partial charge is 0.377 e. The molecule has 0 amide bonds. The van der Waals surface area contributed by atoms with Crippen LogP contribution in [-0.2, 0) is 11.3 Å². The highest BCUT2D eigenvalue weighted by atomic mass is 16.5. The standard InChI is InChI=1S/C20H30O/c1-3-5-15-21-16-18-9-13-20(14-10-18)19-11-7-17(6-4-2)8-12-19/h4,9-10,13-14,17,19H,2-3,5-8,11-12,15-16H2,1H3/t17-,19-. The summed E-state index contributed by atoms with van der Waals surface area (Å²) in [5.41, 5.74) is 2.82. The smallest absolute Gasteiger partial charge is 0.0716 e. The molecule has 1 fully saturated rings. The van der Waals surface area contributed by atoms with Crippen molar-refractivity contribution < 1.29 is 4.74 Å². The SMILES string of the molecule is C=CC[C@H]1CC[C@H](c2ccc(COCCCC)cc2)CC1. The zero-order chi connectivity index (χ0) is 14.9. The minimum absolute atomic E-state index is 0.756. The van der Waals surface area contributed by atoms with Crippen LogP contribution in [0.2, 0.25) is 0 Å². The lowest BCUT2D eigenvalue weighted by atomic mass is 9.77. The average molecular weight is 286 g/mol. The Labute approximate surface area is 130 Å². The zero-order valence-electron chi connectivity index (χ0n) is 13.5. The van der Waals surface area contributed by atoms with Crippen LogP contribution in [0.1, 0.15) is 68.9 Å². The van der Waals surface area contributed by atoms with Gasteiger partial charge in [-0.15, -0.1) is 6.58 Å². The quantitative estimate of drug-likeness (QED) is 0.430. The Hall–Kier alpha value is -1.08. The van der Waals surface area contributed by atoms with Crippen molar-refractivity contribution in [1.29, 1.82) is 0 Å². The van der Waals surface area contributed by atoms with Crippen molar-refractivity contribution in [3.05, 3.63) is 48.0 Å². The van der Waals surface area contributed by atoms with E-state index in [9.17, 15) is 0 Å². The van der Waals surface area contributed by atoms with E-state index < -0.39 is 0 Å². The van der Waals surface area contributed by atoms with Crippen molar-refractivity contribution in [1.82, 2.24) is 0 Å². The second-order valence-corrected chi connectivity index (χ2v) is 6.39. The third-order valence-corrected chi connectivity index (χ3v) is 4.71. The molecule has 1 nitrogen and oxygen atoms in total. The van der Waals surface area contributed by atoms with Crippen molar-refractivity contribution >= 4 is 0 Å². The molecule has 0 aliphatic heterocycles. The molecule has 0 aromatic heterocycles. The third kappa shape index (κ3) is 5.32. The number of unbranched alkanes of at least 4 members (excludes halogenated alkanes) is 1. The topological polar surface area (TPSA) is 9.23 Å². The van der Waals surface area contributed by atoms with Gasteiger partial charge < -0.3 is 4.74 Å². The summed E-state index contributed by atoms with van der Waals surface area (Å²) in [7, 11) is 0. The molecule has 0 bridgehead atoms. The molecule has 0 unspecified atom stereocenters. The van der Waals surface area contributed by atoms with E-state index in [4.69, 9.17) is 4.74 Å². The van der Waals surface area contributed by atoms with Gasteiger partial charge >= 0.3 is 0 Å². The average Bonchev–Trinajstić information content (AvgIpc) is 2.53. The van der Waals surface area contributed by atoms with Gasteiger partial charge in [0, 0.05) is 6.61 Å². The molecule has 0 atom stereocenters. The van der Waals surface area contributed by atoms with Crippen molar-refractivity contribution in [2.24, 2.45) is 5.92 Å². The monoisotopic (exact) mass is 286 g/mol. The number of hydrogen-bond donors (Lipinski definition) is 0. The molecule has 1 aromatic rings. The molecule has 1 aliphatic rings. The highest BCUT2D eigenvalue weighted by Crippen LogP contribution is 2.37. The van der Waals surface area contributed by atoms with Crippen LogP contribution in [0, 0.1) is 5.92 Å². The van der Waals surface area contributed by atoms with Crippen LogP contribution >= 0.6 is 0 Å². The fourth-order valence-electron chi connectivity index (χ4n) is 3.29. The first-order chi connectivity index (χ1) is 10.3. The number of ether oxygens (including phenoxy) is 1. The summed E-state index contributed by atoms with van der Waals surface area (Å²) in [5, 5.41) is 0. The van der Waals surface area contributed by atoms with E-state index in [2.05, 4.69) is 43.8 Å². The highest BCUT2D eigenvalue weighted by molar-refractivity contribution is 5.25. The number of allylic oxidation sites excluding steroid dienone is 1. The summed E-state index contributed by atoms with van der Waals surface area (Å²) >= 11 is 0. The van der Waals surface area contributed by atoms with Gasteiger partial charge in [-0.25, -0.2) is 0 Å². The highest BCUT2D eigenvalue weighted by Gasteiger charge is 2.21. The number of hydrogen-bond acceptors (Lipinski definition) is 1. The molecule has 0 N–H and O–H groups in total. The second kappa shape index (κ2) is 9.04. The van der Waals surface area contributed by atoms with Gasteiger partial charge in [0.25, 0.3) is 0 Å². The van der Waals surface area contributed by atoms with E-state index in [0.717, 1.165) is 31.5 Å². The van der Waals surface area contributed by atoms with E-state index >= 15 is 0 Å². The molecule has 0 saturated heterocycles. The number of rotatable bonds is 8. The first kappa shape index (κ1) is 16.3. The molecule has 1 aliphatic carbocycles. The summed E-state index contributed by atoms with van der Waals surface area (Å²) in [6, 6.07) is 9.13. The molecule has 21 heavy (non-hydrogen) atoms. The van der Waals surface area contributed by atoms with Crippen molar-refractivity contribution in [3.8, 4) is 0 Å². The second-order valence-electron chi connectivity index (χ2n) is 6.39. The van der Waals surface area contributed by atoms with E-state index in [1.807, 2.05) is 0 Å². The van der Waals surface area contributed by atoms with Crippen LogP contribution in [0.25, 0.3) is 0 Å². The molecular formula is C20H30O. The van der Waals surface area contributed by atoms with Gasteiger partial charge in [-0.1, -0.05) is 43.7 Å². The molecule has 1 saturated carbocycles. The fourth-order valence-corrected chi connectivity index (χ4v) is 3.29. The Bertz CT molecular complexity index is 398. The maximum Gasteiger partial charge on any atom is 0.0716 e. The Morgan fingerprint density at radius 1 is 1.14 bits per heavy atom. The summed E-state index contributed by atoms with van der Waals surface area (Å²) in [4.78, 5) is 0. The molecular weight excluding hydrogens is 256 g/mol. The molecule has 1 aromatic carbocycles. The maximum atomic E-state index is 5.68. The normalized spacial score (nSPS) is 22.1. The van der Waals surface area contributed by atoms with E-state index in [-0.39, 0.29) is 0 Å². The van der Waals surface area contributed by atoms with Crippen LogP contribution in [0.4, 0.5) is 0 Å². The van der Waals surface area contributed by atoms with E-state index in [1.54, 1.807) is 0 Å². The van der Waals surface area contributed by atoms with Gasteiger partial charge in [-0.3, -0.25) is 0 Å². The van der Waals surface area contributed by atoms with E-state index in [1.165, 1.54) is 49.7 Å². The Kier molecular flexibility index (Phi) is 7.02. The van der Waals surface area contributed by atoms with Crippen LogP contribution in [-0.4, -0.2) is 6.61 Å². The fraction of sp³-hybridized carbons (Fsp3) is 0.600. The summed E-state index contributed by atoms with van der Waals surface area (Å²) in [5.74, 6) is 1.64. The van der Waals surface area contributed by atoms with Gasteiger partial charge in [0.1, 0.15) is 0 Å². The third-order valence-electron chi connectivity index (χ3n) is 4.71.